The lowest BCUT2D eigenvalue weighted by molar-refractivity contribution is 0.146. The van der Waals surface area contributed by atoms with Crippen LogP contribution in [-0.4, -0.2) is 20.8 Å². The van der Waals surface area contributed by atoms with Gasteiger partial charge in [-0.1, -0.05) is 30.3 Å². The monoisotopic (exact) mass is 242 g/mol. The summed E-state index contributed by atoms with van der Waals surface area (Å²) >= 11 is 0. The number of imidazole rings is 1. The van der Waals surface area contributed by atoms with Gasteiger partial charge in [0, 0.05) is 25.9 Å². The zero-order valence-electron chi connectivity index (χ0n) is 10.5. The third-order valence-electron chi connectivity index (χ3n) is 3.87. The Morgan fingerprint density at radius 2 is 2.17 bits per heavy atom. The highest BCUT2D eigenvalue weighted by Crippen LogP contribution is 2.49. The Labute approximate surface area is 107 Å². The molecule has 1 aliphatic rings. The number of hydrogen-bond donors (Lipinski definition) is 1. The van der Waals surface area contributed by atoms with Crippen molar-refractivity contribution in [2.24, 2.45) is 13.0 Å². The molecule has 1 N–H and O–H groups in total. The van der Waals surface area contributed by atoms with Gasteiger partial charge in [0.25, 0.3) is 0 Å². The molecule has 1 aromatic carbocycles. The molecule has 0 amide bonds. The molecule has 0 saturated heterocycles. The number of rotatable bonds is 4. The minimum Gasteiger partial charge on any atom is -0.392 e. The van der Waals surface area contributed by atoms with Gasteiger partial charge in [0.15, 0.2) is 0 Å². The fraction of sp³-hybridized carbons (Fsp3) is 0.400. The van der Waals surface area contributed by atoms with Crippen LogP contribution in [0.15, 0.2) is 42.7 Å². The van der Waals surface area contributed by atoms with E-state index in [1.807, 2.05) is 23.9 Å². The maximum atomic E-state index is 10.3. The van der Waals surface area contributed by atoms with Crippen LogP contribution >= 0.6 is 0 Å². The van der Waals surface area contributed by atoms with Crippen LogP contribution in [0.2, 0.25) is 0 Å². The Balaban J connectivity index is 1.63. The highest BCUT2D eigenvalue weighted by molar-refractivity contribution is 5.26. The van der Waals surface area contributed by atoms with Crippen LogP contribution in [0.1, 0.15) is 23.7 Å². The molecular formula is C15H18N2O. The summed E-state index contributed by atoms with van der Waals surface area (Å²) in [7, 11) is 1.97. The standard InChI is InChI=1S/C15H18N2O/c1-17-8-7-16-15(17)10-14(18)13-9-12(13)11-5-3-2-4-6-11/h2-8,12-14,18H,9-10H2,1H3. The smallest absolute Gasteiger partial charge is 0.110 e. The highest BCUT2D eigenvalue weighted by Gasteiger charge is 2.43. The molecule has 1 aromatic heterocycles. The molecule has 2 aromatic rings. The molecule has 0 aliphatic heterocycles. The van der Waals surface area contributed by atoms with Gasteiger partial charge in [-0.05, 0) is 23.8 Å². The van der Waals surface area contributed by atoms with Gasteiger partial charge in [-0.3, -0.25) is 0 Å². The summed E-state index contributed by atoms with van der Waals surface area (Å²) in [5, 5.41) is 10.3. The van der Waals surface area contributed by atoms with Crippen molar-refractivity contribution in [3.8, 4) is 0 Å². The Morgan fingerprint density at radius 3 is 2.83 bits per heavy atom. The van der Waals surface area contributed by atoms with Gasteiger partial charge < -0.3 is 9.67 Å². The summed E-state index contributed by atoms with van der Waals surface area (Å²) in [5.41, 5.74) is 1.35. The van der Waals surface area contributed by atoms with Crippen molar-refractivity contribution in [3.63, 3.8) is 0 Å². The molecule has 1 saturated carbocycles. The summed E-state index contributed by atoms with van der Waals surface area (Å²) in [6.07, 6.45) is 5.16. The number of aliphatic hydroxyl groups is 1. The van der Waals surface area contributed by atoms with E-state index in [0.29, 0.717) is 18.3 Å². The largest absolute Gasteiger partial charge is 0.392 e. The van der Waals surface area contributed by atoms with Crippen molar-refractivity contribution < 1.29 is 5.11 Å². The van der Waals surface area contributed by atoms with Crippen molar-refractivity contribution in [3.05, 3.63) is 54.1 Å². The van der Waals surface area contributed by atoms with Crippen LogP contribution in [0.4, 0.5) is 0 Å². The molecule has 18 heavy (non-hydrogen) atoms. The summed E-state index contributed by atoms with van der Waals surface area (Å²) in [5.74, 6) is 1.88. The lowest BCUT2D eigenvalue weighted by atomic mass is 10.0. The van der Waals surface area contributed by atoms with E-state index in [4.69, 9.17) is 0 Å². The summed E-state index contributed by atoms with van der Waals surface area (Å²) in [6, 6.07) is 10.5. The second-order valence-corrected chi connectivity index (χ2v) is 5.14. The third-order valence-corrected chi connectivity index (χ3v) is 3.87. The van der Waals surface area contributed by atoms with Gasteiger partial charge in [-0.25, -0.2) is 4.98 Å². The summed E-state index contributed by atoms with van der Waals surface area (Å²) in [4.78, 5) is 4.27. The van der Waals surface area contributed by atoms with Crippen LogP contribution in [0.5, 0.6) is 0 Å². The van der Waals surface area contributed by atoms with E-state index in [1.54, 1.807) is 6.20 Å². The lowest BCUT2D eigenvalue weighted by Gasteiger charge is -2.10. The Bertz CT molecular complexity index is 520. The summed E-state index contributed by atoms with van der Waals surface area (Å²) in [6.45, 7) is 0. The van der Waals surface area contributed by atoms with Crippen LogP contribution in [-0.2, 0) is 13.5 Å². The molecule has 1 heterocycles. The molecule has 3 nitrogen and oxygen atoms in total. The van der Waals surface area contributed by atoms with E-state index in [0.717, 1.165) is 12.2 Å². The lowest BCUT2D eigenvalue weighted by Crippen LogP contribution is -2.16. The first kappa shape index (κ1) is 11.5. The molecule has 3 rings (SSSR count). The van der Waals surface area contributed by atoms with Crippen LogP contribution in [0.25, 0.3) is 0 Å². The molecule has 3 heteroatoms. The maximum Gasteiger partial charge on any atom is 0.110 e. The molecule has 0 radical (unpaired) electrons. The van der Waals surface area contributed by atoms with E-state index in [1.165, 1.54) is 5.56 Å². The zero-order valence-corrected chi connectivity index (χ0v) is 10.5. The predicted octanol–water partition coefficient (Wildman–Crippen LogP) is 2.13. The normalized spacial score (nSPS) is 23.9. The van der Waals surface area contributed by atoms with E-state index in [2.05, 4.69) is 29.2 Å². The van der Waals surface area contributed by atoms with Crippen LogP contribution in [0, 0.1) is 5.92 Å². The topological polar surface area (TPSA) is 38.0 Å². The number of benzene rings is 1. The van der Waals surface area contributed by atoms with Gasteiger partial charge in [0.2, 0.25) is 0 Å². The molecule has 94 valence electrons. The fourth-order valence-corrected chi connectivity index (χ4v) is 2.66. The number of aryl methyl sites for hydroxylation is 1. The maximum absolute atomic E-state index is 10.3. The van der Waals surface area contributed by atoms with Gasteiger partial charge in [0.1, 0.15) is 5.82 Å². The number of hydrogen-bond acceptors (Lipinski definition) is 2. The Morgan fingerprint density at radius 1 is 1.39 bits per heavy atom. The number of aromatic nitrogens is 2. The fourth-order valence-electron chi connectivity index (χ4n) is 2.66. The van der Waals surface area contributed by atoms with Gasteiger partial charge in [-0.15, -0.1) is 0 Å². The van der Waals surface area contributed by atoms with Crippen molar-refractivity contribution in [2.45, 2.75) is 24.9 Å². The number of aliphatic hydroxyl groups excluding tert-OH is 1. The van der Waals surface area contributed by atoms with Crippen LogP contribution < -0.4 is 0 Å². The van der Waals surface area contributed by atoms with E-state index >= 15 is 0 Å². The second kappa shape index (κ2) is 4.58. The second-order valence-electron chi connectivity index (χ2n) is 5.14. The van der Waals surface area contributed by atoms with Gasteiger partial charge in [-0.2, -0.15) is 0 Å². The van der Waals surface area contributed by atoms with Crippen molar-refractivity contribution in [2.75, 3.05) is 0 Å². The molecular weight excluding hydrogens is 224 g/mol. The first-order valence-corrected chi connectivity index (χ1v) is 6.45. The van der Waals surface area contributed by atoms with Crippen LogP contribution in [0.3, 0.4) is 0 Å². The molecule has 0 bridgehead atoms. The van der Waals surface area contributed by atoms with E-state index in [-0.39, 0.29) is 6.10 Å². The summed E-state index contributed by atoms with van der Waals surface area (Å²) < 4.78 is 1.98. The SMILES string of the molecule is Cn1ccnc1CC(O)C1CC1c1ccccc1. The highest BCUT2D eigenvalue weighted by atomic mass is 16.3. The van der Waals surface area contributed by atoms with E-state index in [9.17, 15) is 5.11 Å². The van der Waals surface area contributed by atoms with Gasteiger partial charge >= 0.3 is 0 Å². The molecule has 3 unspecified atom stereocenters. The van der Waals surface area contributed by atoms with Crippen molar-refractivity contribution >= 4 is 0 Å². The molecule has 1 fully saturated rings. The molecule has 0 spiro atoms. The minimum absolute atomic E-state index is 0.281. The van der Waals surface area contributed by atoms with Crippen molar-refractivity contribution in [1.82, 2.24) is 9.55 Å². The Hall–Kier alpha value is -1.61. The molecule has 1 aliphatic carbocycles. The van der Waals surface area contributed by atoms with Crippen molar-refractivity contribution in [1.29, 1.82) is 0 Å². The predicted molar refractivity (Wildman–Crippen MR) is 70.2 cm³/mol. The zero-order chi connectivity index (χ0) is 12.5. The minimum atomic E-state index is -0.281. The van der Waals surface area contributed by atoms with Gasteiger partial charge in [0.05, 0.1) is 6.10 Å². The first-order chi connectivity index (χ1) is 8.75. The average molecular weight is 242 g/mol. The number of nitrogens with zero attached hydrogens (tertiary/aromatic N) is 2. The van der Waals surface area contributed by atoms with E-state index < -0.39 is 0 Å². The first-order valence-electron chi connectivity index (χ1n) is 6.45. The quantitative estimate of drug-likeness (QED) is 0.892. The third kappa shape index (κ3) is 2.18. The molecule has 3 atom stereocenters. The Kier molecular flexibility index (Phi) is 2.92. The average Bonchev–Trinajstić information content (AvgIpc) is 3.10.